The molecule has 0 saturated heterocycles. The summed E-state index contributed by atoms with van der Waals surface area (Å²) in [5.41, 5.74) is 0. The molecule has 0 unspecified atom stereocenters. The van der Waals surface area contributed by atoms with Crippen LogP contribution in [-0.2, 0) is 0 Å². The van der Waals surface area contributed by atoms with Crippen molar-refractivity contribution < 1.29 is 0 Å². The Hall–Kier alpha value is 0.310. The Kier molecular flexibility index (Phi) is 26.6. The van der Waals surface area contributed by atoms with E-state index in [4.69, 9.17) is 0 Å². The predicted octanol–water partition coefficient (Wildman–Crippen LogP) is 9.46. The van der Waals surface area contributed by atoms with Crippen molar-refractivity contribution in [3.63, 3.8) is 0 Å². The van der Waals surface area contributed by atoms with Gasteiger partial charge in [0.2, 0.25) is 0 Å². The van der Waals surface area contributed by atoms with Gasteiger partial charge in [0.15, 0.2) is 0 Å². The van der Waals surface area contributed by atoms with E-state index >= 15 is 0 Å². The summed E-state index contributed by atoms with van der Waals surface area (Å²) < 4.78 is 3.55. The Morgan fingerprint density at radius 3 is 1.15 bits per heavy atom. The summed E-state index contributed by atoms with van der Waals surface area (Å²) in [6.45, 7) is 5.80. The first-order valence-corrected chi connectivity index (χ1v) is 13.7. The van der Waals surface area contributed by atoms with Gasteiger partial charge >= 0.3 is 0 Å². The minimum atomic E-state index is 1.21. The van der Waals surface area contributed by atoms with Crippen LogP contribution in [0.1, 0.15) is 149 Å². The van der Waals surface area contributed by atoms with Crippen LogP contribution in [0.4, 0.5) is 0 Å². The zero-order chi connectivity index (χ0) is 19.7. The highest BCUT2D eigenvalue weighted by molar-refractivity contribution is 7.97. The van der Waals surface area contributed by atoms with Gasteiger partial charge in [-0.1, -0.05) is 148 Å². The Bertz CT molecular complexity index is 220. The first kappa shape index (κ1) is 27.3. The zero-order valence-corrected chi connectivity index (χ0v) is 20.0. The molecule has 27 heavy (non-hydrogen) atoms. The highest BCUT2D eigenvalue weighted by Crippen LogP contribution is 2.13. The highest BCUT2D eigenvalue weighted by Gasteiger charge is 1.95. The molecule has 164 valence electrons. The summed E-state index contributed by atoms with van der Waals surface area (Å²) in [7, 11) is 0. The molecule has 2 heteroatoms. The third kappa shape index (κ3) is 26.3. The first-order chi connectivity index (χ1) is 13.4. The molecule has 0 aromatic rings. The van der Waals surface area contributed by atoms with Crippen LogP contribution in [0.25, 0.3) is 0 Å². The average molecular weight is 400 g/mol. The third-order valence-corrected chi connectivity index (χ3v) is 6.49. The summed E-state index contributed by atoms with van der Waals surface area (Å²) in [5.74, 6) is 1.30. The van der Waals surface area contributed by atoms with Crippen molar-refractivity contribution in [1.29, 1.82) is 0 Å². The fourth-order valence-electron chi connectivity index (χ4n) is 3.67. The highest BCUT2D eigenvalue weighted by atomic mass is 32.2. The van der Waals surface area contributed by atoms with Crippen LogP contribution in [0, 0.1) is 0 Å². The molecule has 0 heterocycles. The second-order valence-corrected chi connectivity index (χ2v) is 9.45. The molecule has 0 amide bonds. The normalized spacial score (nSPS) is 11.3. The van der Waals surface area contributed by atoms with Gasteiger partial charge in [0.1, 0.15) is 0 Å². The van der Waals surface area contributed by atoms with Crippen LogP contribution in [-0.4, -0.2) is 12.3 Å². The van der Waals surface area contributed by atoms with Crippen LogP contribution in [0.2, 0.25) is 0 Å². The number of hydrogen-bond donors (Lipinski definition) is 1. The minimum Gasteiger partial charge on any atom is -0.264 e. The second-order valence-electron chi connectivity index (χ2n) is 8.46. The lowest BCUT2D eigenvalue weighted by atomic mass is 10.0. The molecule has 0 aliphatic carbocycles. The minimum absolute atomic E-state index is 1.21. The molecule has 0 atom stereocenters. The monoisotopic (exact) mass is 399 g/mol. The molecule has 1 N–H and O–H groups in total. The van der Waals surface area contributed by atoms with Crippen LogP contribution < -0.4 is 4.72 Å². The smallest absolute Gasteiger partial charge is 0.00786 e. The van der Waals surface area contributed by atoms with Gasteiger partial charge < -0.3 is 0 Å². The van der Waals surface area contributed by atoms with Crippen LogP contribution in [0.3, 0.4) is 0 Å². The number of hydrogen-bond acceptors (Lipinski definition) is 2. The summed E-state index contributed by atoms with van der Waals surface area (Å²) in [4.78, 5) is 0. The number of rotatable bonds is 24. The van der Waals surface area contributed by atoms with Crippen LogP contribution in [0.15, 0.2) is 0 Å². The molecule has 0 fully saturated rings. The molecule has 0 saturated carbocycles. The van der Waals surface area contributed by atoms with Gasteiger partial charge in [0.25, 0.3) is 0 Å². The summed E-state index contributed by atoms with van der Waals surface area (Å²) in [5, 5.41) is 0. The summed E-state index contributed by atoms with van der Waals surface area (Å²) >= 11 is 1.95. The Morgan fingerprint density at radius 1 is 0.407 bits per heavy atom. The molecule has 0 aromatic carbocycles. The van der Waals surface area contributed by atoms with Gasteiger partial charge in [-0.15, -0.1) is 0 Å². The standard InChI is InChI=1S/C25H53NS/c1-3-5-7-9-11-12-13-14-15-16-17-18-19-20-22-24-26-27-25-23-21-10-8-6-4-2/h26H,3-25H2,1-2H3. The summed E-state index contributed by atoms with van der Waals surface area (Å²) in [6.07, 6.45) is 30.2. The van der Waals surface area contributed by atoms with E-state index in [1.165, 1.54) is 147 Å². The van der Waals surface area contributed by atoms with E-state index in [0.717, 1.165) is 0 Å². The topological polar surface area (TPSA) is 12.0 Å². The van der Waals surface area contributed by atoms with Gasteiger partial charge in [-0.25, -0.2) is 0 Å². The van der Waals surface area contributed by atoms with Crippen molar-refractivity contribution >= 4 is 11.9 Å². The molecule has 0 radical (unpaired) electrons. The van der Waals surface area contributed by atoms with Crippen molar-refractivity contribution in [2.45, 2.75) is 149 Å². The molecule has 0 aromatic heterocycles. The molecule has 0 bridgehead atoms. The van der Waals surface area contributed by atoms with Gasteiger partial charge in [-0.2, -0.15) is 0 Å². The largest absolute Gasteiger partial charge is 0.264 e. The van der Waals surface area contributed by atoms with E-state index < -0.39 is 0 Å². The second kappa shape index (κ2) is 26.3. The van der Waals surface area contributed by atoms with Crippen molar-refractivity contribution in [2.75, 3.05) is 12.3 Å². The van der Waals surface area contributed by atoms with Gasteiger partial charge in [-0.05, 0) is 12.8 Å². The quantitative estimate of drug-likeness (QED) is 0.128. The molecular weight excluding hydrogens is 346 g/mol. The number of unbranched alkanes of at least 4 members (excludes halogenated alkanes) is 19. The van der Waals surface area contributed by atoms with Gasteiger partial charge in [0, 0.05) is 12.3 Å². The maximum absolute atomic E-state index is 3.55. The molecule has 0 spiro atoms. The van der Waals surface area contributed by atoms with Crippen molar-refractivity contribution in [3.05, 3.63) is 0 Å². The number of nitrogens with one attached hydrogen (secondary N) is 1. The Labute approximate surface area is 177 Å². The summed E-state index contributed by atoms with van der Waals surface area (Å²) in [6, 6.07) is 0. The molecule has 0 aliphatic heterocycles. The van der Waals surface area contributed by atoms with Crippen molar-refractivity contribution in [2.24, 2.45) is 0 Å². The van der Waals surface area contributed by atoms with Crippen molar-refractivity contribution in [3.8, 4) is 0 Å². The van der Waals surface area contributed by atoms with E-state index in [1.807, 2.05) is 11.9 Å². The Balaban J connectivity index is 2.95. The Morgan fingerprint density at radius 2 is 0.741 bits per heavy atom. The maximum atomic E-state index is 3.55. The first-order valence-electron chi connectivity index (χ1n) is 12.8. The fourth-order valence-corrected chi connectivity index (χ4v) is 4.45. The fraction of sp³-hybridized carbons (Fsp3) is 1.00. The van der Waals surface area contributed by atoms with Crippen molar-refractivity contribution in [1.82, 2.24) is 4.72 Å². The zero-order valence-electron chi connectivity index (χ0n) is 19.2. The van der Waals surface area contributed by atoms with Crippen LogP contribution >= 0.6 is 11.9 Å². The van der Waals surface area contributed by atoms with Crippen LogP contribution in [0.5, 0.6) is 0 Å². The lowest BCUT2D eigenvalue weighted by Crippen LogP contribution is -2.06. The van der Waals surface area contributed by atoms with E-state index in [2.05, 4.69) is 18.6 Å². The third-order valence-electron chi connectivity index (χ3n) is 5.58. The average Bonchev–Trinajstić information content (AvgIpc) is 2.68. The van der Waals surface area contributed by atoms with E-state index in [-0.39, 0.29) is 0 Å². The lowest BCUT2D eigenvalue weighted by molar-refractivity contribution is 0.532. The molecule has 0 rings (SSSR count). The molecule has 1 nitrogen and oxygen atoms in total. The van der Waals surface area contributed by atoms with E-state index in [0.29, 0.717) is 0 Å². The van der Waals surface area contributed by atoms with Gasteiger partial charge in [-0.3, -0.25) is 4.72 Å². The lowest BCUT2D eigenvalue weighted by Gasteiger charge is -2.05. The van der Waals surface area contributed by atoms with E-state index in [9.17, 15) is 0 Å². The van der Waals surface area contributed by atoms with Gasteiger partial charge in [0.05, 0.1) is 0 Å². The molecular formula is C25H53NS. The maximum Gasteiger partial charge on any atom is 0.00786 e. The predicted molar refractivity (Wildman–Crippen MR) is 129 cm³/mol. The SMILES string of the molecule is CCCCCCCCCCCCCCCCCNSCCCCCCCC. The van der Waals surface area contributed by atoms with E-state index in [1.54, 1.807) is 0 Å². The molecule has 0 aliphatic rings.